The standard InChI is InChI=1S/C10H15ClN4OS/c11-9-10(13-17-12-9)15-2-1-8(7-15)14-3-5-16-6-4-14/h8H,1-7H2. The van der Waals surface area contributed by atoms with Crippen LogP contribution in [0.25, 0.3) is 0 Å². The van der Waals surface area contributed by atoms with E-state index in [4.69, 9.17) is 16.3 Å². The molecule has 0 bridgehead atoms. The summed E-state index contributed by atoms with van der Waals surface area (Å²) in [6.45, 7) is 5.83. The lowest BCUT2D eigenvalue weighted by Gasteiger charge is -2.32. The number of ether oxygens (including phenoxy) is 1. The lowest BCUT2D eigenvalue weighted by Crippen LogP contribution is -2.44. The molecule has 0 aliphatic carbocycles. The fourth-order valence-electron chi connectivity index (χ4n) is 2.54. The zero-order valence-corrected chi connectivity index (χ0v) is 11.1. The van der Waals surface area contributed by atoms with Crippen molar-refractivity contribution in [2.45, 2.75) is 12.5 Å². The van der Waals surface area contributed by atoms with Crippen molar-refractivity contribution in [2.24, 2.45) is 0 Å². The predicted molar refractivity (Wildman–Crippen MR) is 67.9 cm³/mol. The largest absolute Gasteiger partial charge is 0.379 e. The molecule has 17 heavy (non-hydrogen) atoms. The third-order valence-corrected chi connectivity index (χ3v) is 4.33. The van der Waals surface area contributed by atoms with E-state index in [1.54, 1.807) is 0 Å². The molecule has 0 N–H and O–H groups in total. The van der Waals surface area contributed by atoms with Gasteiger partial charge in [0, 0.05) is 32.2 Å². The summed E-state index contributed by atoms with van der Waals surface area (Å²) in [6.07, 6.45) is 1.17. The Kier molecular flexibility index (Phi) is 3.46. The summed E-state index contributed by atoms with van der Waals surface area (Å²) in [5.74, 6) is 0.854. The molecule has 3 rings (SSSR count). The van der Waals surface area contributed by atoms with E-state index in [1.807, 2.05) is 0 Å². The van der Waals surface area contributed by atoms with Gasteiger partial charge in [-0.25, -0.2) is 0 Å². The number of aromatic nitrogens is 2. The van der Waals surface area contributed by atoms with Crippen LogP contribution in [0.5, 0.6) is 0 Å². The van der Waals surface area contributed by atoms with E-state index in [-0.39, 0.29) is 0 Å². The summed E-state index contributed by atoms with van der Waals surface area (Å²) < 4.78 is 13.7. The zero-order chi connectivity index (χ0) is 11.7. The summed E-state index contributed by atoms with van der Waals surface area (Å²) >= 11 is 7.20. The molecule has 0 aromatic carbocycles. The molecule has 0 amide bonds. The minimum absolute atomic E-state index is 0.539. The van der Waals surface area contributed by atoms with Crippen LogP contribution in [0.3, 0.4) is 0 Å². The van der Waals surface area contributed by atoms with Crippen LogP contribution < -0.4 is 4.90 Å². The minimum atomic E-state index is 0.539. The lowest BCUT2D eigenvalue weighted by molar-refractivity contribution is 0.0209. The number of nitrogens with zero attached hydrogens (tertiary/aromatic N) is 4. The molecule has 1 aromatic rings. The monoisotopic (exact) mass is 274 g/mol. The van der Waals surface area contributed by atoms with E-state index in [2.05, 4.69) is 18.5 Å². The Hall–Kier alpha value is -0.430. The van der Waals surface area contributed by atoms with Crippen LogP contribution in [-0.2, 0) is 4.74 Å². The van der Waals surface area contributed by atoms with Crippen LogP contribution in [0.15, 0.2) is 0 Å². The number of hydrogen-bond donors (Lipinski definition) is 0. The van der Waals surface area contributed by atoms with E-state index in [1.165, 1.54) is 18.1 Å². The molecule has 5 nitrogen and oxygen atoms in total. The molecular weight excluding hydrogens is 260 g/mol. The molecule has 2 aliphatic heterocycles. The Morgan fingerprint density at radius 3 is 2.76 bits per heavy atom. The van der Waals surface area contributed by atoms with Crippen molar-refractivity contribution in [2.75, 3.05) is 44.3 Å². The number of halogens is 1. The minimum Gasteiger partial charge on any atom is -0.379 e. The number of hydrogen-bond acceptors (Lipinski definition) is 6. The predicted octanol–water partition coefficient (Wildman–Crippen LogP) is 1.10. The zero-order valence-electron chi connectivity index (χ0n) is 9.51. The van der Waals surface area contributed by atoms with Gasteiger partial charge in [-0.3, -0.25) is 4.90 Å². The SMILES string of the molecule is Clc1nsnc1N1CCC(N2CCOCC2)C1. The Morgan fingerprint density at radius 1 is 1.24 bits per heavy atom. The lowest BCUT2D eigenvalue weighted by atomic mass is 10.2. The van der Waals surface area contributed by atoms with Crippen LogP contribution in [0.1, 0.15) is 6.42 Å². The maximum Gasteiger partial charge on any atom is 0.187 e. The quantitative estimate of drug-likeness (QED) is 0.808. The van der Waals surface area contributed by atoms with Gasteiger partial charge in [0.05, 0.1) is 24.9 Å². The highest BCUT2D eigenvalue weighted by Crippen LogP contribution is 2.27. The third kappa shape index (κ3) is 2.40. The van der Waals surface area contributed by atoms with Gasteiger partial charge in [0.2, 0.25) is 0 Å². The third-order valence-electron chi connectivity index (χ3n) is 3.46. The summed E-state index contributed by atoms with van der Waals surface area (Å²) in [6, 6.07) is 0.608. The molecule has 0 radical (unpaired) electrons. The van der Waals surface area contributed by atoms with Crippen molar-refractivity contribution in [1.82, 2.24) is 13.6 Å². The Morgan fingerprint density at radius 2 is 2.06 bits per heavy atom. The van der Waals surface area contributed by atoms with E-state index in [0.29, 0.717) is 11.2 Å². The van der Waals surface area contributed by atoms with Gasteiger partial charge in [-0.05, 0) is 6.42 Å². The van der Waals surface area contributed by atoms with Gasteiger partial charge in [-0.2, -0.15) is 8.75 Å². The van der Waals surface area contributed by atoms with E-state index >= 15 is 0 Å². The van der Waals surface area contributed by atoms with Gasteiger partial charge < -0.3 is 9.64 Å². The second kappa shape index (κ2) is 5.06. The van der Waals surface area contributed by atoms with E-state index < -0.39 is 0 Å². The van der Waals surface area contributed by atoms with Crippen molar-refractivity contribution in [1.29, 1.82) is 0 Å². The Bertz CT molecular complexity index is 382. The van der Waals surface area contributed by atoms with Crippen LogP contribution in [0.4, 0.5) is 5.82 Å². The van der Waals surface area contributed by atoms with Crippen LogP contribution in [0.2, 0.25) is 5.15 Å². The molecule has 0 spiro atoms. The highest BCUT2D eigenvalue weighted by molar-refractivity contribution is 6.99. The molecule has 0 saturated carbocycles. The molecule has 2 saturated heterocycles. The molecule has 2 fully saturated rings. The summed E-state index contributed by atoms with van der Waals surface area (Å²) in [4.78, 5) is 4.75. The van der Waals surface area contributed by atoms with Crippen LogP contribution >= 0.6 is 23.3 Å². The first kappa shape index (κ1) is 11.6. The second-order valence-corrected chi connectivity index (χ2v) is 5.30. The highest BCUT2D eigenvalue weighted by Gasteiger charge is 2.30. The average molecular weight is 275 g/mol. The molecule has 1 aromatic heterocycles. The average Bonchev–Trinajstić information content (AvgIpc) is 2.98. The fourth-order valence-corrected chi connectivity index (χ4v) is 3.31. The van der Waals surface area contributed by atoms with Crippen molar-refractivity contribution in [3.05, 3.63) is 5.15 Å². The number of rotatable bonds is 2. The van der Waals surface area contributed by atoms with Gasteiger partial charge in [0.25, 0.3) is 0 Å². The normalized spacial score (nSPS) is 26.6. The first-order chi connectivity index (χ1) is 8.34. The van der Waals surface area contributed by atoms with Gasteiger partial charge in [0.1, 0.15) is 0 Å². The smallest absolute Gasteiger partial charge is 0.187 e. The van der Waals surface area contributed by atoms with Gasteiger partial charge >= 0.3 is 0 Å². The van der Waals surface area contributed by atoms with E-state index in [0.717, 1.165) is 45.2 Å². The highest BCUT2D eigenvalue weighted by atomic mass is 35.5. The maximum atomic E-state index is 6.01. The van der Waals surface area contributed by atoms with Gasteiger partial charge in [0.15, 0.2) is 11.0 Å². The molecule has 1 atom stereocenters. The van der Waals surface area contributed by atoms with Crippen LogP contribution in [-0.4, -0.2) is 59.1 Å². The molecule has 7 heteroatoms. The number of anilines is 1. The van der Waals surface area contributed by atoms with E-state index in [9.17, 15) is 0 Å². The van der Waals surface area contributed by atoms with Gasteiger partial charge in [-0.1, -0.05) is 11.6 Å². The van der Waals surface area contributed by atoms with Crippen LogP contribution in [0, 0.1) is 0 Å². The number of morpholine rings is 1. The topological polar surface area (TPSA) is 41.5 Å². The summed E-state index contributed by atoms with van der Waals surface area (Å²) in [5.41, 5.74) is 0. The first-order valence-corrected chi connectivity index (χ1v) is 7.00. The fraction of sp³-hybridized carbons (Fsp3) is 0.800. The van der Waals surface area contributed by atoms with Crippen molar-refractivity contribution in [3.63, 3.8) is 0 Å². The Balaban J connectivity index is 1.63. The second-order valence-electron chi connectivity index (χ2n) is 4.42. The molecular formula is C10H15ClN4OS. The molecule has 94 valence electrons. The molecule has 1 unspecified atom stereocenters. The summed E-state index contributed by atoms with van der Waals surface area (Å²) in [7, 11) is 0. The van der Waals surface area contributed by atoms with Crippen molar-refractivity contribution < 1.29 is 4.74 Å². The van der Waals surface area contributed by atoms with Crippen molar-refractivity contribution in [3.8, 4) is 0 Å². The first-order valence-electron chi connectivity index (χ1n) is 5.89. The molecule has 3 heterocycles. The Labute approximate surface area is 110 Å². The van der Waals surface area contributed by atoms with Crippen molar-refractivity contribution >= 4 is 29.1 Å². The maximum absolute atomic E-state index is 6.01. The summed E-state index contributed by atoms with van der Waals surface area (Å²) in [5, 5.41) is 0.539. The van der Waals surface area contributed by atoms with Gasteiger partial charge in [-0.15, -0.1) is 0 Å². The molecule has 2 aliphatic rings.